The SMILES string of the molecule is O=C1S/C(=C/c2cc(Br)c(OCc3ccc(Br)cc3)c(Br)c2)C(=O)N1c1cccc(Cl)c1. The van der Waals surface area contributed by atoms with E-state index >= 15 is 0 Å². The fraction of sp³-hybridized carbons (Fsp3) is 0.0435. The molecule has 3 aromatic rings. The normalized spacial score (nSPS) is 15.0. The average molecular weight is 659 g/mol. The Bertz CT molecular complexity index is 1220. The molecule has 0 N–H and O–H groups in total. The second kappa shape index (κ2) is 10.1. The van der Waals surface area contributed by atoms with Crippen LogP contribution >= 0.6 is 71.2 Å². The molecule has 162 valence electrons. The van der Waals surface area contributed by atoms with Crippen LogP contribution in [0.1, 0.15) is 11.1 Å². The highest BCUT2D eigenvalue weighted by atomic mass is 79.9. The summed E-state index contributed by atoms with van der Waals surface area (Å²) < 4.78 is 8.43. The molecular formula is C23H13Br3ClNO3S. The molecule has 0 spiro atoms. The van der Waals surface area contributed by atoms with Crippen LogP contribution in [-0.4, -0.2) is 11.1 Å². The predicted octanol–water partition coefficient (Wildman–Crippen LogP) is 8.45. The molecule has 0 aromatic heterocycles. The molecule has 1 aliphatic heterocycles. The lowest BCUT2D eigenvalue weighted by molar-refractivity contribution is -0.113. The second-order valence-electron chi connectivity index (χ2n) is 6.73. The van der Waals surface area contributed by atoms with Crippen LogP contribution in [0.3, 0.4) is 0 Å². The second-order valence-corrected chi connectivity index (χ2v) is 10.8. The van der Waals surface area contributed by atoms with E-state index in [-0.39, 0.29) is 11.1 Å². The van der Waals surface area contributed by atoms with Crippen LogP contribution in [0.15, 0.2) is 79.0 Å². The van der Waals surface area contributed by atoms with Crippen LogP contribution in [0.4, 0.5) is 10.5 Å². The van der Waals surface area contributed by atoms with Gasteiger partial charge in [0, 0.05) is 9.50 Å². The number of halogens is 4. The van der Waals surface area contributed by atoms with Crippen molar-refractivity contribution >= 4 is 94.1 Å². The van der Waals surface area contributed by atoms with Crippen molar-refractivity contribution in [3.05, 3.63) is 95.1 Å². The number of nitrogens with zero attached hydrogens (tertiary/aromatic N) is 1. The van der Waals surface area contributed by atoms with Gasteiger partial charge in [0.25, 0.3) is 11.1 Å². The summed E-state index contributed by atoms with van der Waals surface area (Å²) in [6.45, 7) is 0.405. The van der Waals surface area contributed by atoms with E-state index in [1.807, 2.05) is 36.4 Å². The van der Waals surface area contributed by atoms with E-state index in [2.05, 4.69) is 47.8 Å². The Labute approximate surface area is 219 Å². The van der Waals surface area contributed by atoms with Crippen molar-refractivity contribution in [2.24, 2.45) is 0 Å². The van der Waals surface area contributed by atoms with Gasteiger partial charge in [-0.25, -0.2) is 4.90 Å². The highest BCUT2D eigenvalue weighted by Gasteiger charge is 2.36. The molecule has 32 heavy (non-hydrogen) atoms. The minimum atomic E-state index is -0.384. The molecule has 0 aliphatic carbocycles. The van der Waals surface area contributed by atoms with Crippen LogP contribution in [0, 0.1) is 0 Å². The van der Waals surface area contributed by atoms with Gasteiger partial charge in [-0.2, -0.15) is 0 Å². The quantitative estimate of drug-likeness (QED) is 0.258. The molecule has 2 amide bonds. The van der Waals surface area contributed by atoms with Gasteiger partial charge in [0.1, 0.15) is 12.4 Å². The van der Waals surface area contributed by atoms with E-state index < -0.39 is 0 Å². The van der Waals surface area contributed by atoms with Crippen LogP contribution in [0.5, 0.6) is 5.75 Å². The number of rotatable bonds is 5. The van der Waals surface area contributed by atoms with Gasteiger partial charge in [-0.3, -0.25) is 9.59 Å². The fourth-order valence-electron chi connectivity index (χ4n) is 2.99. The van der Waals surface area contributed by atoms with Crippen molar-refractivity contribution in [3.8, 4) is 5.75 Å². The van der Waals surface area contributed by atoms with Crippen molar-refractivity contribution in [3.63, 3.8) is 0 Å². The Hall–Kier alpha value is -1.58. The van der Waals surface area contributed by atoms with E-state index in [0.29, 0.717) is 28.0 Å². The summed E-state index contributed by atoms with van der Waals surface area (Å²) in [4.78, 5) is 26.8. The molecule has 4 nitrogen and oxygen atoms in total. The number of ether oxygens (including phenoxy) is 1. The molecule has 0 unspecified atom stereocenters. The van der Waals surface area contributed by atoms with E-state index in [1.165, 1.54) is 0 Å². The number of hydrogen-bond donors (Lipinski definition) is 0. The van der Waals surface area contributed by atoms with E-state index in [1.54, 1.807) is 30.3 Å². The van der Waals surface area contributed by atoms with Crippen LogP contribution in [0.25, 0.3) is 6.08 Å². The topological polar surface area (TPSA) is 46.6 Å². The first-order valence-electron chi connectivity index (χ1n) is 9.21. The maximum atomic E-state index is 12.9. The number of carbonyl (C=O) groups is 2. The molecule has 4 rings (SSSR count). The van der Waals surface area contributed by atoms with Crippen LogP contribution in [0.2, 0.25) is 5.02 Å². The number of anilines is 1. The molecular weight excluding hydrogens is 645 g/mol. The summed E-state index contributed by atoms with van der Waals surface area (Å²) in [6.07, 6.45) is 1.68. The van der Waals surface area contributed by atoms with Crippen molar-refractivity contribution in [1.29, 1.82) is 0 Å². The average Bonchev–Trinajstić information content (AvgIpc) is 3.01. The van der Waals surface area contributed by atoms with Gasteiger partial charge in [-0.05, 0) is 103 Å². The van der Waals surface area contributed by atoms with Crippen molar-refractivity contribution < 1.29 is 14.3 Å². The third kappa shape index (κ3) is 5.31. The molecule has 1 heterocycles. The molecule has 1 saturated heterocycles. The molecule has 0 radical (unpaired) electrons. The number of carbonyl (C=O) groups excluding carboxylic acids is 2. The summed E-state index contributed by atoms with van der Waals surface area (Å²) in [6, 6.07) is 18.2. The first-order valence-corrected chi connectivity index (χ1v) is 12.8. The maximum absolute atomic E-state index is 12.9. The van der Waals surface area contributed by atoms with Gasteiger partial charge in [-0.15, -0.1) is 0 Å². The van der Waals surface area contributed by atoms with Gasteiger partial charge in [0.2, 0.25) is 0 Å². The highest BCUT2D eigenvalue weighted by molar-refractivity contribution is 9.11. The molecule has 0 atom stereocenters. The first-order chi connectivity index (χ1) is 15.3. The van der Waals surface area contributed by atoms with Crippen molar-refractivity contribution in [2.45, 2.75) is 6.61 Å². The molecule has 0 bridgehead atoms. The predicted molar refractivity (Wildman–Crippen MR) is 140 cm³/mol. The van der Waals surface area contributed by atoms with Crippen molar-refractivity contribution in [1.82, 2.24) is 0 Å². The summed E-state index contributed by atoms with van der Waals surface area (Å²) in [5, 5.41) is 0.0909. The zero-order chi connectivity index (χ0) is 22.8. The van der Waals surface area contributed by atoms with Gasteiger partial charge < -0.3 is 4.74 Å². The zero-order valence-corrected chi connectivity index (χ0v) is 22.5. The van der Waals surface area contributed by atoms with Gasteiger partial charge in [0.05, 0.1) is 19.5 Å². The number of benzene rings is 3. The Kier molecular flexibility index (Phi) is 7.47. The first kappa shape index (κ1) is 23.6. The minimum absolute atomic E-state index is 0.331. The van der Waals surface area contributed by atoms with E-state index in [0.717, 1.165) is 41.2 Å². The fourth-order valence-corrected chi connectivity index (χ4v) is 5.73. The summed E-state index contributed by atoms with van der Waals surface area (Å²) >= 11 is 17.4. The Balaban J connectivity index is 1.54. The maximum Gasteiger partial charge on any atom is 0.298 e. The smallest absolute Gasteiger partial charge is 0.298 e. The van der Waals surface area contributed by atoms with Crippen LogP contribution in [-0.2, 0) is 11.4 Å². The summed E-state index contributed by atoms with van der Waals surface area (Å²) in [7, 11) is 0. The molecule has 1 fully saturated rings. The van der Waals surface area contributed by atoms with Gasteiger partial charge in [-0.1, -0.05) is 45.7 Å². The Morgan fingerprint density at radius 2 is 1.66 bits per heavy atom. The third-order valence-corrected chi connectivity index (χ3v) is 7.29. The van der Waals surface area contributed by atoms with E-state index in [4.69, 9.17) is 16.3 Å². The number of imide groups is 1. The highest BCUT2D eigenvalue weighted by Crippen LogP contribution is 2.39. The molecule has 3 aromatic carbocycles. The monoisotopic (exact) mass is 655 g/mol. The minimum Gasteiger partial charge on any atom is -0.487 e. The summed E-state index contributed by atoms with van der Waals surface area (Å²) in [5.41, 5.74) is 2.23. The van der Waals surface area contributed by atoms with Crippen molar-refractivity contribution in [2.75, 3.05) is 4.90 Å². The Morgan fingerprint density at radius 3 is 2.31 bits per heavy atom. The van der Waals surface area contributed by atoms with Gasteiger partial charge >= 0.3 is 0 Å². The largest absolute Gasteiger partial charge is 0.487 e. The van der Waals surface area contributed by atoms with E-state index in [9.17, 15) is 9.59 Å². The third-order valence-electron chi connectivity index (χ3n) is 4.47. The van der Waals surface area contributed by atoms with Crippen LogP contribution < -0.4 is 9.64 Å². The Morgan fingerprint density at radius 1 is 0.969 bits per heavy atom. The number of thioether (sulfide) groups is 1. The standard InChI is InChI=1S/C23H13Br3ClNO3S/c24-15-6-4-13(5-7-15)12-31-21-18(25)8-14(9-19(21)26)10-20-22(29)28(23(30)32-20)17-3-1-2-16(27)11-17/h1-11H,12H2/b20-10+. The lowest BCUT2D eigenvalue weighted by Gasteiger charge is -2.13. The molecule has 9 heteroatoms. The number of hydrogen-bond acceptors (Lipinski definition) is 4. The lowest BCUT2D eigenvalue weighted by atomic mass is 10.2. The summed E-state index contributed by atoms with van der Waals surface area (Å²) in [5.74, 6) is 0.266. The molecule has 1 aliphatic rings. The lowest BCUT2D eigenvalue weighted by Crippen LogP contribution is -2.27. The van der Waals surface area contributed by atoms with Gasteiger partial charge in [0.15, 0.2) is 0 Å². The zero-order valence-electron chi connectivity index (χ0n) is 16.2. The molecule has 0 saturated carbocycles. The number of amides is 2.